The number of hydrogen-bond donors (Lipinski definition) is 1. The highest BCUT2D eigenvalue weighted by Crippen LogP contribution is 2.45. The zero-order valence-corrected chi connectivity index (χ0v) is 19.3. The van der Waals surface area contributed by atoms with Crippen LogP contribution in [0, 0.1) is 17.2 Å². The molecule has 1 saturated carbocycles. The zero-order valence-electron chi connectivity index (χ0n) is 19.3. The molecular formula is C27H31N3O3. The largest absolute Gasteiger partial charge is 0.394 e. The predicted molar refractivity (Wildman–Crippen MR) is 126 cm³/mol. The van der Waals surface area contributed by atoms with E-state index in [0.717, 1.165) is 48.8 Å². The molecule has 4 rings (SSSR count). The van der Waals surface area contributed by atoms with Crippen LogP contribution in [0.15, 0.2) is 48.5 Å². The molecular weight excluding hydrogens is 414 g/mol. The van der Waals surface area contributed by atoms with Gasteiger partial charge in [-0.3, -0.25) is 9.59 Å². The van der Waals surface area contributed by atoms with E-state index in [1.807, 2.05) is 42.5 Å². The van der Waals surface area contributed by atoms with Gasteiger partial charge in [-0.05, 0) is 41.7 Å². The second kappa shape index (κ2) is 9.76. The fraction of sp³-hybridized carbons (Fsp3) is 0.444. The number of likely N-dealkylation sites (tertiary alicyclic amines) is 1. The summed E-state index contributed by atoms with van der Waals surface area (Å²) in [6, 6.07) is 16.6. The lowest BCUT2D eigenvalue weighted by Gasteiger charge is -2.53. The van der Waals surface area contributed by atoms with Gasteiger partial charge in [-0.25, -0.2) is 0 Å². The van der Waals surface area contributed by atoms with Gasteiger partial charge in [-0.2, -0.15) is 5.26 Å². The minimum Gasteiger partial charge on any atom is -0.394 e. The predicted octanol–water partition coefficient (Wildman–Crippen LogP) is 3.81. The zero-order chi connectivity index (χ0) is 23.5. The van der Waals surface area contributed by atoms with Gasteiger partial charge in [-0.1, -0.05) is 55.7 Å². The first-order valence-corrected chi connectivity index (χ1v) is 11.7. The average molecular weight is 446 g/mol. The molecule has 3 atom stereocenters. The van der Waals surface area contributed by atoms with E-state index >= 15 is 0 Å². The van der Waals surface area contributed by atoms with Crippen molar-refractivity contribution in [1.29, 1.82) is 5.26 Å². The minimum absolute atomic E-state index is 0.00704. The van der Waals surface area contributed by atoms with Gasteiger partial charge in [0.05, 0.1) is 18.7 Å². The van der Waals surface area contributed by atoms with Gasteiger partial charge >= 0.3 is 0 Å². The number of carbonyl (C=O) groups excluding carboxylic acids is 2. The van der Waals surface area contributed by atoms with E-state index in [2.05, 4.69) is 6.07 Å². The normalized spacial score (nSPS) is 22.8. The molecule has 33 heavy (non-hydrogen) atoms. The third kappa shape index (κ3) is 4.26. The van der Waals surface area contributed by atoms with Crippen molar-refractivity contribution in [3.63, 3.8) is 0 Å². The van der Waals surface area contributed by atoms with Crippen LogP contribution in [0.3, 0.4) is 0 Å². The van der Waals surface area contributed by atoms with Crippen molar-refractivity contribution in [2.75, 3.05) is 20.7 Å². The smallest absolute Gasteiger partial charge is 0.253 e. The van der Waals surface area contributed by atoms with E-state index in [0.29, 0.717) is 5.56 Å². The van der Waals surface area contributed by atoms with Crippen molar-refractivity contribution in [2.45, 2.75) is 50.1 Å². The summed E-state index contributed by atoms with van der Waals surface area (Å²) in [4.78, 5) is 28.9. The summed E-state index contributed by atoms with van der Waals surface area (Å²) in [5.74, 6) is -0.400. The summed E-state index contributed by atoms with van der Waals surface area (Å²) in [7, 11) is 3.44. The maximum Gasteiger partial charge on any atom is 0.253 e. The number of hydrogen-bond acceptors (Lipinski definition) is 4. The van der Waals surface area contributed by atoms with Crippen molar-refractivity contribution in [2.24, 2.45) is 5.92 Å². The Bertz CT molecular complexity index is 1070. The number of rotatable bonds is 5. The third-order valence-corrected chi connectivity index (χ3v) is 7.09. The van der Waals surface area contributed by atoms with E-state index in [-0.39, 0.29) is 30.3 Å². The summed E-state index contributed by atoms with van der Waals surface area (Å²) < 4.78 is 0. The highest BCUT2D eigenvalue weighted by atomic mass is 16.3. The van der Waals surface area contributed by atoms with Crippen LogP contribution >= 0.6 is 0 Å². The van der Waals surface area contributed by atoms with Crippen LogP contribution in [-0.2, 0) is 4.79 Å². The molecule has 2 aliphatic rings. The fourth-order valence-corrected chi connectivity index (χ4v) is 5.37. The SMILES string of the molecule is CN(C)C(=O)c1cccc(-c2ccccc2[C@@H]2[C@@H](CO)N(C(=O)C3CCCCC3)[C@H]2C#N)c1. The maximum atomic E-state index is 13.3. The monoisotopic (exact) mass is 445 g/mol. The molecule has 0 radical (unpaired) electrons. The fourth-order valence-electron chi connectivity index (χ4n) is 5.37. The van der Waals surface area contributed by atoms with E-state index in [4.69, 9.17) is 0 Å². The Morgan fingerprint density at radius 3 is 2.48 bits per heavy atom. The first-order chi connectivity index (χ1) is 16.0. The van der Waals surface area contributed by atoms with Crippen molar-refractivity contribution in [3.8, 4) is 17.2 Å². The van der Waals surface area contributed by atoms with Gasteiger partial charge in [0, 0.05) is 31.5 Å². The Labute approximate surface area is 195 Å². The topological polar surface area (TPSA) is 84.6 Å². The van der Waals surface area contributed by atoms with Crippen LogP contribution < -0.4 is 0 Å². The molecule has 1 aliphatic carbocycles. The molecule has 0 spiro atoms. The van der Waals surface area contributed by atoms with Gasteiger partial charge in [0.25, 0.3) is 5.91 Å². The molecule has 1 aliphatic heterocycles. The highest BCUT2D eigenvalue weighted by molar-refractivity contribution is 5.95. The summed E-state index contributed by atoms with van der Waals surface area (Å²) in [5.41, 5.74) is 3.30. The molecule has 172 valence electrons. The quantitative estimate of drug-likeness (QED) is 0.758. The van der Waals surface area contributed by atoms with E-state index in [1.54, 1.807) is 30.0 Å². The standard InChI is InChI=1S/C27H31N3O3/c1-29(2)26(32)20-12-8-11-19(15-20)21-13-6-7-14-22(21)25-23(16-28)30(24(25)17-31)27(33)18-9-4-3-5-10-18/h6-8,11-15,18,23-25,31H,3-5,9-10,17H2,1-2H3/t23-,24+,25-/m0/s1. The minimum atomic E-state index is -0.607. The number of carbonyl (C=O) groups is 2. The van der Waals surface area contributed by atoms with Gasteiger partial charge in [0.1, 0.15) is 6.04 Å². The molecule has 0 unspecified atom stereocenters. The summed E-state index contributed by atoms with van der Waals surface area (Å²) >= 11 is 0. The summed E-state index contributed by atoms with van der Waals surface area (Å²) in [6.07, 6.45) is 4.96. The highest BCUT2D eigenvalue weighted by Gasteiger charge is 2.53. The lowest BCUT2D eigenvalue weighted by Crippen LogP contribution is -2.66. The molecule has 6 heteroatoms. The van der Waals surface area contributed by atoms with Crippen molar-refractivity contribution >= 4 is 11.8 Å². The average Bonchev–Trinajstić information content (AvgIpc) is 2.84. The molecule has 1 heterocycles. The Kier molecular flexibility index (Phi) is 6.80. The third-order valence-electron chi connectivity index (χ3n) is 7.09. The Balaban J connectivity index is 1.68. The van der Waals surface area contributed by atoms with Gasteiger partial charge in [0.2, 0.25) is 5.91 Å². The van der Waals surface area contributed by atoms with Gasteiger partial charge < -0.3 is 14.9 Å². The second-order valence-electron chi connectivity index (χ2n) is 9.30. The Morgan fingerprint density at radius 2 is 1.82 bits per heavy atom. The molecule has 2 amide bonds. The van der Waals surface area contributed by atoms with Crippen LogP contribution in [-0.4, -0.2) is 59.5 Å². The number of amides is 2. The van der Waals surface area contributed by atoms with Crippen molar-refractivity contribution in [1.82, 2.24) is 9.80 Å². The number of benzene rings is 2. The van der Waals surface area contributed by atoms with E-state index < -0.39 is 12.1 Å². The van der Waals surface area contributed by atoms with Gasteiger partial charge in [0.15, 0.2) is 0 Å². The maximum absolute atomic E-state index is 13.3. The van der Waals surface area contributed by atoms with Crippen LogP contribution in [0.25, 0.3) is 11.1 Å². The van der Waals surface area contributed by atoms with Crippen molar-refractivity contribution < 1.29 is 14.7 Å². The van der Waals surface area contributed by atoms with Crippen LogP contribution in [0.2, 0.25) is 0 Å². The molecule has 2 aromatic rings. The first-order valence-electron chi connectivity index (χ1n) is 11.7. The molecule has 0 bridgehead atoms. The van der Waals surface area contributed by atoms with E-state index in [9.17, 15) is 20.0 Å². The van der Waals surface area contributed by atoms with Crippen LogP contribution in [0.4, 0.5) is 0 Å². The van der Waals surface area contributed by atoms with Crippen molar-refractivity contribution in [3.05, 3.63) is 59.7 Å². The Morgan fingerprint density at radius 1 is 1.09 bits per heavy atom. The molecule has 2 aromatic carbocycles. The van der Waals surface area contributed by atoms with Gasteiger partial charge in [-0.15, -0.1) is 0 Å². The van der Waals surface area contributed by atoms with Crippen LogP contribution in [0.5, 0.6) is 0 Å². The molecule has 0 aromatic heterocycles. The number of aliphatic hydroxyl groups is 1. The number of nitrogens with zero attached hydrogens (tertiary/aromatic N) is 3. The van der Waals surface area contributed by atoms with Crippen LogP contribution in [0.1, 0.15) is 53.9 Å². The lowest BCUT2D eigenvalue weighted by molar-refractivity contribution is -0.152. The van der Waals surface area contributed by atoms with E-state index in [1.165, 1.54) is 0 Å². The number of nitriles is 1. The second-order valence-corrected chi connectivity index (χ2v) is 9.30. The molecule has 1 N–H and O–H groups in total. The molecule has 6 nitrogen and oxygen atoms in total. The summed E-state index contributed by atoms with van der Waals surface area (Å²) in [6.45, 7) is -0.186. The Hall–Kier alpha value is -3.17. The number of aliphatic hydroxyl groups excluding tert-OH is 1. The molecule has 1 saturated heterocycles. The summed E-state index contributed by atoms with van der Waals surface area (Å²) in [5, 5.41) is 20.2. The molecule has 2 fully saturated rings. The lowest BCUT2D eigenvalue weighted by atomic mass is 9.72. The first kappa shape index (κ1) is 23.0.